The normalized spacial score (nSPS) is 25.1. The number of fused-ring (bicyclic) bond motifs is 1. The number of carbonyl (C=O) groups excluding carboxylic acids is 1. The van der Waals surface area contributed by atoms with Crippen LogP contribution in [-0.4, -0.2) is 71.6 Å². The van der Waals surface area contributed by atoms with Crippen molar-refractivity contribution >= 4 is 15.7 Å². The fraction of sp³-hybridized carbons (Fsp3) is 0.765. The van der Waals surface area contributed by atoms with Gasteiger partial charge in [0.15, 0.2) is 9.84 Å². The van der Waals surface area contributed by atoms with Crippen molar-refractivity contribution in [1.29, 1.82) is 0 Å². The summed E-state index contributed by atoms with van der Waals surface area (Å²) in [5, 5.41) is 4.37. The third-order valence-electron chi connectivity index (χ3n) is 5.57. The molecular formula is C17H28N4O3S. The Labute approximate surface area is 149 Å². The van der Waals surface area contributed by atoms with Gasteiger partial charge in [-0.15, -0.1) is 0 Å². The number of hydrogen-bond acceptors (Lipinski definition) is 5. The molecule has 1 aliphatic heterocycles. The summed E-state index contributed by atoms with van der Waals surface area (Å²) < 4.78 is 25.4. The lowest BCUT2D eigenvalue weighted by atomic mass is 9.92. The second kappa shape index (κ2) is 7.07. The van der Waals surface area contributed by atoms with Crippen molar-refractivity contribution in [3.05, 3.63) is 17.5 Å². The van der Waals surface area contributed by atoms with E-state index in [0.29, 0.717) is 19.5 Å². The summed E-state index contributed by atoms with van der Waals surface area (Å²) in [5.74, 6) is 0.314. The first-order valence-electron chi connectivity index (χ1n) is 9.03. The van der Waals surface area contributed by atoms with E-state index >= 15 is 0 Å². The molecule has 1 saturated heterocycles. The number of sulfone groups is 1. The zero-order valence-electron chi connectivity index (χ0n) is 15.3. The number of aryl methyl sites for hydroxylation is 1. The predicted molar refractivity (Wildman–Crippen MR) is 96.0 cm³/mol. The molecule has 0 aromatic carbocycles. The zero-order chi connectivity index (χ0) is 18.2. The Kier molecular flexibility index (Phi) is 5.20. The summed E-state index contributed by atoms with van der Waals surface area (Å²) in [4.78, 5) is 16.6. The van der Waals surface area contributed by atoms with Gasteiger partial charge in [-0.05, 0) is 39.7 Å². The van der Waals surface area contributed by atoms with Crippen LogP contribution in [-0.2, 0) is 28.1 Å². The maximum Gasteiger partial charge on any atom is 0.237 e. The minimum atomic E-state index is -2.99. The Balaban J connectivity index is 1.68. The minimum Gasteiger partial charge on any atom is -0.338 e. The van der Waals surface area contributed by atoms with Crippen LogP contribution in [0.1, 0.15) is 43.5 Å². The van der Waals surface area contributed by atoms with Crippen molar-refractivity contribution < 1.29 is 13.2 Å². The van der Waals surface area contributed by atoms with E-state index in [2.05, 4.69) is 10.00 Å². The van der Waals surface area contributed by atoms with E-state index in [4.69, 9.17) is 0 Å². The first kappa shape index (κ1) is 18.4. The number of nitrogens with zero attached hydrogens (tertiary/aromatic N) is 4. The van der Waals surface area contributed by atoms with Gasteiger partial charge in [-0.3, -0.25) is 14.4 Å². The van der Waals surface area contributed by atoms with Gasteiger partial charge in [0, 0.05) is 36.9 Å². The monoisotopic (exact) mass is 368 g/mol. The van der Waals surface area contributed by atoms with Crippen LogP contribution in [0.2, 0.25) is 0 Å². The van der Waals surface area contributed by atoms with Crippen LogP contribution >= 0.6 is 0 Å². The molecule has 2 atom stereocenters. The molecule has 0 spiro atoms. The van der Waals surface area contributed by atoms with Gasteiger partial charge < -0.3 is 4.90 Å². The van der Waals surface area contributed by atoms with Crippen LogP contribution < -0.4 is 0 Å². The third-order valence-corrected chi connectivity index (χ3v) is 7.32. The lowest BCUT2D eigenvalue weighted by molar-refractivity contribution is -0.134. The smallest absolute Gasteiger partial charge is 0.237 e. The highest BCUT2D eigenvalue weighted by atomic mass is 32.2. The van der Waals surface area contributed by atoms with E-state index in [1.54, 1.807) is 4.90 Å². The average molecular weight is 369 g/mol. The molecule has 1 aliphatic carbocycles. The fourth-order valence-corrected chi connectivity index (χ4v) is 5.94. The molecule has 0 N–H and O–H groups in total. The van der Waals surface area contributed by atoms with Crippen LogP contribution in [0.15, 0.2) is 6.20 Å². The molecule has 2 aliphatic rings. The maximum atomic E-state index is 12.8. The zero-order valence-corrected chi connectivity index (χ0v) is 16.1. The fourth-order valence-electron chi connectivity index (χ4n) is 4.21. The molecule has 0 bridgehead atoms. The van der Waals surface area contributed by atoms with Crippen LogP contribution in [0, 0.1) is 0 Å². The van der Waals surface area contributed by atoms with Crippen molar-refractivity contribution in [3.8, 4) is 0 Å². The Morgan fingerprint density at radius 2 is 2.16 bits per heavy atom. The Morgan fingerprint density at radius 3 is 2.80 bits per heavy atom. The molecule has 25 heavy (non-hydrogen) atoms. The Bertz CT molecular complexity index is 743. The van der Waals surface area contributed by atoms with Crippen LogP contribution in [0.25, 0.3) is 0 Å². The lowest BCUT2D eigenvalue weighted by Gasteiger charge is -2.34. The van der Waals surface area contributed by atoms with Crippen molar-refractivity contribution in [2.24, 2.45) is 7.05 Å². The molecule has 0 saturated carbocycles. The van der Waals surface area contributed by atoms with E-state index < -0.39 is 9.84 Å². The molecule has 8 heteroatoms. The number of carbonyl (C=O) groups is 1. The van der Waals surface area contributed by atoms with E-state index in [1.807, 2.05) is 31.9 Å². The SMILES string of the molecule is CCN(C(=O)CN(C)C1CCCc2c1cnn2C)C1CCS(=O)(=O)C1. The number of amides is 1. The van der Waals surface area contributed by atoms with Gasteiger partial charge in [-0.1, -0.05) is 0 Å². The number of likely N-dealkylation sites (N-methyl/N-ethyl adjacent to an activating group) is 2. The molecule has 1 aromatic heterocycles. The third kappa shape index (κ3) is 3.74. The van der Waals surface area contributed by atoms with Crippen LogP contribution in [0.5, 0.6) is 0 Å². The quantitative estimate of drug-likeness (QED) is 0.767. The van der Waals surface area contributed by atoms with Crippen LogP contribution in [0.4, 0.5) is 0 Å². The van der Waals surface area contributed by atoms with E-state index in [1.165, 1.54) is 11.3 Å². The van der Waals surface area contributed by atoms with Crippen molar-refractivity contribution in [3.63, 3.8) is 0 Å². The summed E-state index contributed by atoms with van der Waals surface area (Å²) >= 11 is 0. The molecule has 1 fully saturated rings. The molecule has 140 valence electrons. The summed E-state index contributed by atoms with van der Waals surface area (Å²) in [6.07, 6.45) is 5.62. The highest BCUT2D eigenvalue weighted by Crippen LogP contribution is 2.33. The highest BCUT2D eigenvalue weighted by Gasteiger charge is 2.35. The van der Waals surface area contributed by atoms with Gasteiger partial charge in [-0.25, -0.2) is 8.42 Å². The molecule has 1 aromatic rings. The van der Waals surface area contributed by atoms with E-state index in [-0.39, 0.29) is 29.5 Å². The summed E-state index contributed by atoms with van der Waals surface area (Å²) in [6, 6.07) is 0.0311. The van der Waals surface area contributed by atoms with Gasteiger partial charge in [0.25, 0.3) is 0 Å². The number of aromatic nitrogens is 2. The van der Waals surface area contributed by atoms with Crippen LogP contribution in [0.3, 0.4) is 0 Å². The number of hydrogen-bond donors (Lipinski definition) is 0. The predicted octanol–water partition coefficient (Wildman–Crippen LogP) is 0.765. The van der Waals surface area contributed by atoms with Gasteiger partial charge in [0.2, 0.25) is 5.91 Å². The maximum absolute atomic E-state index is 12.8. The lowest BCUT2D eigenvalue weighted by Crippen LogP contribution is -2.46. The first-order chi connectivity index (χ1) is 11.8. The molecule has 2 heterocycles. The van der Waals surface area contributed by atoms with Gasteiger partial charge in [0.1, 0.15) is 0 Å². The molecule has 7 nitrogen and oxygen atoms in total. The Hall–Kier alpha value is -1.41. The van der Waals surface area contributed by atoms with E-state index in [9.17, 15) is 13.2 Å². The van der Waals surface area contributed by atoms with Crippen molar-refractivity contribution in [1.82, 2.24) is 19.6 Å². The second-order valence-electron chi connectivity index (χ2n) is 7.23. The number of rotatable bonds is 5. The standard InChI is InChI=1S/C17H28N4O3S/c1-4-21(13-8-9-25(23,24)12-13)17(22)11-19(2)15-6-5-7-16-14(15)10-18-20(16)3/h10,13,15H,4-9,11-12H2,1-3H3. The van der Waals surface area contributed by atoms with Crippen molar-refractivity contribution in [2.45, 2.75) is 44.7 Å². The Morgan fingerprint density at radius 1 is 1.40 bits per heavy atom. The largest absolute Gasteiger partial charge is 0.338 e. The molecule has 0 radical (unpaired) electrons. The first-order valence-corrected chi connectivity index (χ1v) is 10.9. The topological polar surface area (TPSA) is 75.5 Å². The van der Waals surface area contributed by atoms with Gasteiger partial charge in [-0.2, -0.15) is 5.10 Å². The van der Waals surface area contributed by atoms with Crippen molar-refractivity contribution in [2.75, 3.05) is 31.6 Å². The van der Waals surface area contributed by atoms with Gasteiger partial charge >= 0.3 is 0 Å². The molecule has 2 unspecified atom stereocenters. The molecule has 1 amide bonds. The highest BCUT2D eigenvalue weighted by molar-refractivity contribution is 7.91. The summed E-state index contributed by atoms with van der Waals surface area (Å²) in [5.41, 5.74) is 2.47. The summed E-state index contributed by atoms with van der Waals surface area (Å²) in [7, 11) is 0.951. The van der Waals surface area contributed by atoms with Gasteiger partial charge in [0.05, 0.1) is 24.2 Å². The second-order valence-corrected chi connectivity index (χ2v) is 9.46. The molecule has 3 rings (SSSR count). The average Bonchev–Trinajstić information content (AvgIpc) is 3.11. The summed E-state index contributed by atoms with van der Waals surface area (Å²) in [6.45, 7) is 2.78. The minimum absolute atomic E-state index is 0.0168. The van der Waals surface area contributed by atoms with E-state index in [0.717, 1.165) is 19.3 Å². The molecular weight excluding hydrogens is 340 g/mol.